The van der Waals surface area contributed by atoms with Gasteiger partial charge in [0.15, 0.2) is 0 Å². The molecule has 0 aliphatic rings. The van der Waals surface area contributed by atoms with Crippen LogP contribution in [0, 0.1) is 0 Å². The monoisotopic (exact) mass is 380 g/mol. The summed E-state index contributed by atoms with van der Waals surface area (Å²) in [6.07, 6.45) is 6.36. The summed E-state index contributed by atoms with van der Waals surface area (Å²) >= 11 is 6.81. The maximum absolute atomic E-state index is 4.44. The van der Waals surface area contributed by atoms with Crippen molar-refractivity contribution in [2.75, 3.05) is 0 Å². The fourth-order valence-corrected chi connectivity index (χ4v) is 4.80. The van der Waals surface area contributed by atoms with E-state index < -0.39 is 0 Å². The minimum absolute atomic E-state index is 0.992. The van der Waals surface area contributed by atoms with Crippen LogP contribution in [-0.2, 0) is 6.42 Å². The second kappa shape index (κ2) is 6.99. The standard InChI is InChI=1S/C16H17BrN2S2/c1-2-3-4-5-7-11-10-14(20-16(11)17)12-8-6-9-13-15(12)19-21-18-13/h6,8-10H,2-5,7H2,1H3. The molecule has 3 aromatic rings. The van der Waals surface area contributed by atoms with Crippen molar-refractivity contribution in [1.82, 2.24) is 8.75 Å². The van der Waals surface area contributed by atoms with Gasteiger partial charge in [-0.2, -0.15) is 8.75 Å². The van der Waals surface area contributed by atoms with Crippen LogP contribution < -0.4 is 0 Å². The first kappa shape index (κ1) is 15.1. The first-order valence-electron chi connectivity index (χ1n) is 7.29. The maximum atomic E-state index is 4.44. The summed E-state index contributed by atoms with van der Waals surface area (Å²) in [6.45, 7) is 2.25. The van der Waals surface area contributed by atoms with Gasteiger partial charge in [-0.15, -0.1) is 11.3 Å². The van der Waals surface area contributed by atoms with E-state index in [0.29, 0.717) is 0 Å². The third-order valence-electron chi connectivity index (χ3n) is 3.61. The number of hydrogen-bond acceptors (Lipinski definition) is 4. The Morgan fingerprint density at radius 3 is 2.90 bits per heavy atom. The lowest BCUT2D eigenvalue weighted by molar-refractivity contribution is 0.667. The topological polar surface area (TPSA) is 25.8 Å². The van der Waals surface area contributed by atoms with E-state index in [4.69, 9.17) is 0 Å². The molecule has 0 fully saturated rings. The first-order valence-corrected chi connectivity index (χ1v) is 9.63. The molecule has 3 rings (SSSR count). The molecule has 0 N–H and O–H groups in total. The number of benzene rings is 1. The van der Waals surface area contributed by atoms with E-state index in [1.807, 2.05) is 6.07 Å². The molecule has 21 heavy (non-hydrogen) atoms. The van der Waals surface area contributed by atoms with Crippen molar-refractivity contribution in [2.45, 2.75) is 39.0 Å². The number of hydrogen-bond donors (Lipinski definition) is 0. The van der Waals surface area contributed by atoms with E-state index in [-0.39, 0.29) is 0 Å². The van der Waals surface area contributed by atoms with Crippen molar-refractivity contribution >= 4 is 50.0 Å². The third-order valence-corrected chi connectivity index (χ3v) is 6.15. The molecule has 0 saturated heterocycles. The zero-order valence-electron chi connectivity index (χ0n) is 11.9. The molecule has 2 heterocycles. The second-order valence-corrected chi connectivity index (χ2v) is 8.06. The van der Waals surface area contributed by atoms with Gasteiger partial charge in [0.1, 0.15) is 11.0 Å². The Morgan fingerprint density at radius 1 is 1.14 bits per heavy atom. The van der Waals surface area contributed by atoms with Gasteiger partial charge in [0.05, 0.1) is 15.5 Å². The molecule has 1 aromatic carbocycles. The van der Waals surface area contributed by atoms with Gasteiger partial charge in [-0.1, -0.05) is 38.3 Å². The number of nitrogens with zero attached hydrogens (tertiary/aromatic N) is 2. The Balaban J connectivity index is 1.85. The number of fused-ring (bicyclic) bond motifs is 1. The fourth-order valence-electron chi connectivity index (χ4n) is 2.46. The van der Waals surface area contributed by atoms with Crippen LogP contribution in [0.1, 0.15) is 38.2 Å². The van der Waals surface area contributed by atoms with Crippen molar-refractivity contribution in [1.29, 1.82) is 0 Å². The van der Waals surface area contributed by atoms with Crippen LogP contribution in [0.25, 0.3) is 21.5 Å². The van der Waals surface area contributed by atoms with Crippen LogP contribution in [0.2, 0.25) is 0 Å². The lowest BCUT2D eigenvalue weighted by Gasteiger charge is -1.99. The zero-order valence-corrected chi connectivity index (χ0v) is 15.2. The molecule has 0 bridgehead atoms. The van der Waals surface area contributed by atoms with Gasteiger partial charge in [0.2, 0.25) is 0 Å². The Kier molecular flexibility index (Phi) is 5.03. The highest BCUT2D eigenvalue weighted by Gasteiger charge is 2.12. The molecule has 0 radical (unpaired) electrons. The highest BCUT2D eigenvalue weighted by atomic mass is 79.9. The van der Waals surface area contributed by atoms with Gasteiger partial charge >= 0.3 is 0 Å². The first-order chi connectivity index (χ1) is 10.3. The predicted molar refractivity (Wildman–Crippen MR) is 96.3 cm³/mol. The fraction of sp³-hybridized carbons (Fsp3) is 0.375. The molecule has 0 aliphatic carbocycles. The van der Waals surface area contributed by atoms with E-state index in [1.54, 1.807) is 11.3 Å². The van der Waals surface area contributed by atoms with Crippen LogP contribution >= 0.6 is 39.0 Å². The minimum Gasteiger partial charge on any atom is -0.173 e. The quantitative estimate of drug-likeness (QED) is 0.468. The van der Waals surface area contributed by atoms with E-state index in [2.05, 4.69) is 49.8 Å². The van der Waals surface area contributed by atoms with Gasteiger partial charge in [-0.25, -0.2) is 0 Å². The lowest BCUT2D eigenvalue weighted by Crippen LogP contribution is -1.83. The van der Waals surface area contributed by atoms with Crippen molar-refractivity contribution in [3.05, 3.63) is 33.6 Å². The lowest BCUT2D eigenvalue weighted by atomic mass is 10.1. The normalized spacial score (nSPS) is 11.3. The maximum Gasteiger partial charge on any atom is 0.113 e. The van der Waals surface area contributed by atoms with Crippen LogP contribution in [0.4, 0.5) is 0 Å². The molecule has 2 aromatic heterocycles. The Labute approximate surface area is 141 Å². The SMILES string of the molecule is CCCCCCc1cc(-c2cccc3nsnc23)sc1Br. The summed E-state index contributed by atoms with van der Waals surface area (Å²) in [6, 6.07) is 8.54. The number of thiophene rings is 1. The average Bonchev–Trinajstić information content (AvgIpc) is 3.10. The largest absolute Gasteiger partial charge is 0.173 e. The predicted octanol–water partition coefficient (Wildman–Crippen LogP) is 6.31. The van der Waals surface area contributed by atoms with Crippen LogP contribution in [0.15, 0.2) is 28.1 Å². The van der Waals surface area contributed by atoms with Gasteiger partial charge in [0, 0.05) is 10.4 Å². The van der Waals surface area contributed by atoms with Crippen LogP contribution in [-0.4, -0.2) is 8.75 Å². The minimum atomic E-state index is 0.992. The molecular weight excluding hydrogens is 364 g/mol. The van der Waals surface area contributed by atoms with Crippen molar-refractivity contribution in [3.63, 3.8) is 0 Å². The number of halogens is 1. The van der Waals surface area contributed by atoms with E-state index in [9.17, 15) is 0 Å². The molecule has 0 amide bonds. The highest BCUT2D eigenvalue weighted by molar-refractivity contribution is 9.11. The summed E-state index contributed by atoms with van der Waals surface area (Å²) in [4.78, 5) is 1.28. The average molecular weight is 381 g/mol. The van der Waals surface area contributed by atoms with E-state index >= 15 is 0 Å². The molecule has 0 unspecified atom stereocenters. The Hall–Kier alpha value is -0.780. The number of aromatic nitrogens is 2. The van der Waals surface area contributed by atoms with Crippen molar-refractivity contribution in [2.24, 2.45) is 0 Å². The molecule has 110 valence electrons. The van der Waals surface area contributed by atoms with Crippen LogP contribution in [0.5, 0.6) is 0 Å². The molecule has 0 saturated carbocycles. The smallest absolute Gasteiger partial charge is 0.113 e. The Morgan fingerprint density at radius 2 is 2.05 bits per heavy atom. The Bertz CT molecular complexity index is 733. The number of unbranched alkanes of at least 4 members (excludes halogenated alkanes) is 3. The zero-order chi connectivity index (χ0) is 14.7. The molecule has 0 aliphatic heterocycles. The summed E-state index contributed by atoms with van der Waals surface area (Å²) in [5, 5.41) is 0. The van der Waals surface area contributed by atoms with E-state index in [0.717, 1.165) is 17.5 Å². The van der Waals surface area contributed by atoms with Crippen LogP contribution in [0.3, 0.4) is 0 Å². The molecular formula is C16H17BrN2S2. The third kappa shape index (κ3) is 3.35. The highest BCUT2D eigenvalue weighted by Crippen LogP contribution is 2.38. The van der Waals surface area contributed by atoms with Crippen molar-refractivity contribution < 1.29 is 0 Å². The number of aryl methyl sites for hydroxylation is 1. The molecule has 0 atom stereocenters. The van der Waals surface area contributed by atoms with Gasteiger partial charge in [-0.05, 0) is 46.5 Å². The van der Waals surface area contributed by atoms with Gasteiger partial charge < -0.3 is 0 Å². The number of rotatable bonds is 6. The summed E-state index contributed by atoms with van der Waals surface area (Å²) in [7, 11) is 0. The molecule has 5 heteroatoms. The van der Waals surface area contributed by atoms with Gasteiger partial charge in [0.25, 0.3) is 0 Å². The summed E-state index contributed by atoms with van der Waals surface area (Å²) in [5.41, 5.74) is 4.64. The van der Waals surface area contributed by atoms with Gasteiger partial charge in [-0.3, -0.25) is 0 Å². The summed E-state index contributed by atoms with van der Waals surface area (Å²) < 4.78 is 10.0. The second-order valence-electron chi connectivity index (χ2n) is 5.16. The summed E-state index contributed by atoms with van der Waals surface area (Å²) in [5.74, 6) is 0. The van der Waals surface area contributed by atoms with Crippen molar-refractivity contribution in [3.8, 4) is 10.4 Å². The van der Waals surface area contributed by atoms with E-state index in [1.165, 1.54) is 57.2 Å². The molecule has 0 spiro atoms. The molecule has 2 nitrogen and oxygen atoms in total.